The van der Waals surface area contributed by atoms with Crippen molar-refractivity contribution in [2.24, 2.45) is 5.92 Å². The molecule has 1 saturated carbocycles. The summed E-state index contributed by atoms with van der Waals surface area (Å²) in [7, 11) is 1.50. The third kappa shape index (κ3) is 4.32. The maximum Gasteiger partial charge on any atom is 0.258 e. The molecule has 0 heterocycles. The standard InChI is InChI=1S/C20H22FNO4/c1-25-18-8-7-14(21)11-17(18)20(13-9-15(23)10-13)22-19(24)12-26-16-5-3-2-4-6-16/h2-8,11,13,15,20,23H,9-10,12H2,1H3,(H,22,24)/t13?,15?,20-/m0/s1. The summed E-state index contributed by atoms with van der Waals surface area (Å²) in [5, 5.41) is 12.5. The van der Waals surface area contributed by atoms with Gasteiger partial charge in [0.1, 0.15) is 17.3 Å². The number of aliphatic hydroxyl groups is 1. The number of hydrogen-bond acceptors (Lipinski definition) is 4. The van der Waals surface area contributed by atoms with Gasteiger partial charge in [0, 0.05) is 5.56 Å². The molecule has 0 saturated heterocycles. The van der Waals surface area contributed by atoms with E-state index in [1.807, 2.05) is 18.2 Å². The average molecular weight is 359 g/mol. The minimum Gasteiger partial charge on any atom is -0.496 e. The van der Waals surface area contributed by atoms with Gasteiger partial charge < -0.3 is 19.9 Å². The van der Waals surface area contributed by atoms with Gasteiger partial charge in [-0.2, -0.15) is 0 Å². The Labute approximate surface area is 151 Å². The Morgan fingerprint density at radius 1 is 1.27 bits per heavy atom. The van der Waals surface area contributed by atoms with Crippen LogP contribution in [0.3, 0.4) is 0 Å². The van der Waals surface area contributed by atoms with E-state index in [1.165, 1.54) is 19.2 Å². The van der Waals surface area contributed by atoms with Crippen LogP contribution < -0.4 is 14.8 Å². The van der Waals surface area contributed by atoms with E-state index in [9.17, 15) is 14.3 Å². The van der Waals surface area contributed by atoms with Gasteiger partial charge in [-0.3, -0.25) is 4.79 Å². The van der Waals surface area contributed by atoms with Crippen LogP contribution in [0.5, 0.6) is 11.5 Å². The Morgan fingerprint density at radius 2 is 2.00 bits per heavy atom. The molecule has 138 valence electrons. The Bertz CT molecular complexity index is 747. The Balaban J connectivity index is 1.72. The van der Waals surface area contributed by atoms with Crippen LogP contribution in [0.1, 0.15) is 24.4 Å². The van der Waals surface area contributed by atoms with E-state index < -0.39 is 11.9 Å². The highest BCUT2D eigenvalue weighted by Gasteiger charge is 2.37. The maximum absolute atomic E-state index is 13.8. The number of benzene rings is 2. The second-order valence-corrected chi connectivity index (χ2v) is 6.42. The van der Waals surface area contributed by atoms with Gasteiger partial charge in [-0.05, 0) is 49.1 Å². The second kappa shape index (κ2) is 8.19. The van der Waals surface area contributed by atoms with E-state index in [0.717, 1.165) is 0 Å². The molecule has 0 spiro atoms. The van der Waals surface area contributed by atoms with Crippen molar-refractivity contribution < 1.29 is 23.8 Å². The molecule has 0 aromatic heterocycles. The number of halogens is 1. The molecule has 3 rings (SSSR count). The van der Waals surface area contributed by atoms with Crippen molar-refractivity contribution in [3.63, 3.8) is 0 Å². The summed E-state index contributed by atoms with van der Waals surface area (Å²) in [4.78, 5) is 12.4. The molecule has 2 aromatic carbocycles. The molecule has 1 aliphatic carbocycles. The summed E-state index contributed by atoms with van der Waals surface area (Å²) in [5.74, 6) is 0.400. The number of para-hydroxylation sites is 1. The number of amides is 1. The van der Waals surface area contributed by atoms with Crippen molar-refractivity contribution in [2.75, 3.05) is 13.7 Å². The van der Waals surface area contributed by atoms with Gasteiger partial charge in [0.2, 0.25) is 0 Å². The van der Waals surface area contributed by atoms with E-state index in [-0.39, 0.29) is 24.5 Å². The van der Waals surface area contributed by atoms with Gasteiger partial charge in [-0.1, -0.05) is 18.2 Å². The number of ether oxygens (including phenoxy) is 2. The van der Waals surface area contributed by atoms with Crippen LogP contribution >= 0.6 is 0 Å². The molecule has 1 amide bonds. The largest absolute Gasteiger partial charge is 0.496 e. The molecular formula is C20H22FNO4. The highest BCUT2D eigenvalue weighted by Crippen LogP contribution is 2.41. The summed E-state index contributed by atoms with van der Waals surface area (Å²) >= 11 is 0. The quantitative estimate of drug-likeness (QED) is 0.798. The molecule has 0 aliphatic heterocycles. The van der Waals surface area contributed by atoms with Crippen LogP contribution in [0.2, 0.25) is 0 Å². The van der Waals surface area contributed by atoms with Gasteiger partial charge in [0.25, 0.3) is 5.91 Å². The second-order valence-electron chi connectivity index (χ2n) is 6.42. The van der Waals surface area contributed by atoms with Crippen molar-refractivity contribution in [3.05, 3.63) is 59.9 Å². The normalized spacial score (nSPS) is 20.0. The third-order valence-electron chi connectivity index (χ3n) is 4.58. The van der Waals surface area contributed by atoms with E-state index in [2.05, 4.69) is 5.32 Å². The Morgan fingerprint density at radius 3 is 2.65 bits per heavy atom. The van der Waals surface area contributed by atoms with Gasteiger partial charge in [-0.25, -0.2) is 4.39 Å². The van der Waals surface area contributed by atoms with Crippen LogP contribution in [-0.4, -0.2) is 30.8 Å². The molecule has 1 fully saturated rings. The number of methoxy groups -OCH3 is 1. The van der Waals surface area contributed by atoms with Gasteiger partial charge in [0.15, 0.2) is 6.61 Å². The number of aliphatic hydroxyl groups excluding tert-OH is 1. The molecule has 5 nitrogen and oxygen atoms in total. The molecule has 6 heteroatoms. The lowest BCUT2D eigenvalue weighted by Crippen LogP contribution is -2.43. The molecule has 1 atom stereocenters. The highest BCUT2D eigenvalue weighted by molar-refractivity contribution is 5.78. The topological polar surface area (TPSA) is 67.8 Å². The highest BCUT2D eigenvalue weighted by atomic mass is 19.1. The lowest BCUT2D eigenvalue weighted by molar-refractivity contribution is -0.125. The number of carbonyl (C=O) groups is 1. The van der Waals surface area contributed by atoms with Crippen LogP contribution in [-0.2, 0) is 4.79 Å². The van der Waals surface area contributed by atoms with E-state index >= 15 is 0 Å². The first-order valence-electron chi connectivity index (χ1n) is 8.55. The predicted octanol–water partition coefficient (Wildman–Crippen LogP) is 2.84. The maximum atomic E-state index is 13.8. The summed E-state index contributed by atoms with van der Waals surface area (Å²) in [6.45, 7) is -0.145. The smallest absolute Gasteiger partial charge is 0.258 e. The van der Waals surface area contributed by atoms with Crippen LogP contribution in [0.4, 0.5) is 4.39 Å². The lowest BCUT2D eigenvalue weighted by atomic mass is 9.75. The predicted molar refractivity (Wildman–Crippen MR) is 94.5 cm³/mol. The Kier molecular flexibility index (Phi) is 5.73. The van der Waals surface area contributed by atoms with E-state index in [1.54, 1.807) is 18.2 Å². The zero-order valence-electron chi connectivity index (χ0n) is 14.5. The fourth-order valence-corrected chi connectivity index (χ4v) is 3.18. The van der Waals surface area contributed by atoms with Crippen molar-refractivity contribution in [1.29, 1.82) is 0 Å². The van der Waals surface area contributed by atoms with Crippen LogP contribution in [0.25, 0.3) is 0 Å². The van der Waals surface area contributed by atoms with E-state index in [4.69, 9.17) is 9.47 Å². The fourth-order valence-electron chi connectivity index (χ4n) is 3.18. The molecule has 2 aromatic rings. The molecule has 0 bridgehead atoms. The molecule has 0 radical (unpaired) electrons. The zero-order chi connectivity index (χ0) is 18.5. The van der Waals surface area contributed by atoms with E-state index in [0.29, 0.717) is 29.9 Å². The summed E-state index contributed by atoms with van der Waals surface area (Å²) in [5.41, 5.74) is 0.567. The lowest BCUT2D eigenvalue weighted by Gasteiger charge is -2.38. The minimum absolute atomic E-state index is 0.0152. The first kappa shape index (κ1) is 18.2. The summed E-state index contributed by atoms with van der Waals surface area (Å²) in [6, 6.07) is 12.8. The van der Waals surface area contributed by atoms with Crippen molar-refractivity contribution in [3.8, 4) is 11.5 Å². The number of hydrogen-bond donors (Lipinski definition) is 2. The first-order chi connectivity index (χ1) is 12.6. The van der Waals surface area contributed by atoms with Gasteiger partial charge >= 0.3 is 0 Å². The van der Waals surface area contributed by atoms with Gasteiger partial charge in [0.05, 0.1) is 19.3 Å². The van der Waals surface area contributed by atoms with Crippen LogP contribution in [0.15, 0.2) is 48.5 Å². The third-order valence-corrected chi connectivity index (χ3v) is 4.58. The molecule has 0 unspecified atom stereocenters. The molecular weight excluding hydrogens is 337 g/mol. The fraction of sp³-hybridized carbons (Fsp3) is 0.350. The zero-order valence-corrected chi connectivity index (χ0v) is 14.5. The monoisotopic (exact) mass is 359 g/mol. The van der Waals surface area contributed by atoms with Gasteiger partial charge in [-0.15, -0.1) is 0 Å². The summed E-state index contributed by atoms with van der Waals surface area (Å²) in [6.07, 6.45) is 0.702. The van der Waals surface area contributed by atoms with Crippen molar-refractivity contribution >= 4 is 5.91 Å². The molecule has 1 aliphatic rings. The molecule has 2 N–H and O–H groups in total. The van der Waals surface area contributed by atoms with Crippen LogP contribution in [0, 0.1) is 11.7 Å². The minimum atomic E-state index is -0.448. The number of carbonyl (C=O) groups excluding carboxylic acids is 1. The first-order valence-corrected chi connectivity index (χ1v) is 8.55. The van der Waals surface area contributed by atoms with Crippen molar-refractivity contribution in [1.82, 2.24) is 5.32 Å². The Hall–Kier alpha value is -2.60. The SMILES string of the molecule is COc1ccc(F)cc1[C@@H](NC(=O)COc1ccccc1)C1CC(O)C1. The number of rotatable bonds is 7. The molecule has 26 heavy (non-hydrogen) atoms. The summed E-state index contributed by atoms with van der Waals surface area (Å²) < 4.78 is 24.6. The van der Waals surface area contributed by atoms with Crippen molar-refractivity contribution in [2.45, 2.75) is 25.0 Å². The number of nitrogens with one attached hydrogen (secondary N) is 1. The average Bonchev–Trinajstić information content (AvgIpc) is 2.63.